The van der Waals surface area contributed by atoms with Gasteiger partial charge in [-0.15, -0.1) is 0 Å². The lowest BCUT2D eigenvalue weighted by Crippen LogP contribution is -2.24. The van der Waals surface area contributed by atoms with Crippen LogP contribution in [0.25, 0.3) is 55.7 Å². The van der Waals surface area contributed by atoms with E-state index < -0.39 is 0 Å². The van der Waals surface area contributed by atoms with Crippen LogP contribution in [-0.4, -0.2) is 24.5 Å². The molecular weight excluding hydrogens is 458 g/mol. The highest BCUT2D eigenvalue weighted by molar-refractivity contribution is 6.10. The number of aryl methyl sites for hydroxylation is 1. The van der Waals surface area contributed by atoms with Crippen LogP contribution >= 0.6 is 0 Å². The average molecular weight is 490 g/mol. The van der Waals surface area contributed by atoms with E-state index in [0.29, 0.717) is 5.82 Å². The van der Waals surface area contributed by atoms with Crippen molar-refractivity contribution in [1.82, 2.24) is 24.5 Å². The molecule has 0 amide bonds. The summed E-state index contributed by atoms with van der Waals surface area (Å²) in [6.07, 6.45) is 0. The minimum absolute atomic E-state index is 0.193. The van der Waals surface area contributed by atoms with Crippen LogP contribution in [0.2, 0.25) is 0 Å². The first kappa shape index (κ1) is 23.3. The molecule has 0 saturated carbocycles. The van der Waals surface area contributed by atoms with Gasteiger partial charge in [-0.2, -0.15) is 0 Å². The summed E-state index contributed by atoms with van der Waals surface area (Å²) in [5.74, 6) is 3.13. The fraction of sp³-hybridized carbons (Fsp3) is 0.290. The van der Waals surface area contributed by atoms with E-state index in [-0.39, 0.29) is 10.8 Å². The standard InChI is InChI=1S/C31H31N5O/c1-30(2,3)28-33-26(34-29(35-28)31(4,5)6)18-15-16-19-20-11-10-12-21(25(20)37-24(19)17-18)27-32-22-13-8-9-14-23(22)36(27)7/h8-17H,1-7H3. The maximum absolute atomic E-state index is 6.52. The van der Waals surface area contributed by atoms with Crippen LogP contribution < -0.4 is 0 Å². The summed E-state index contributed by atoms with van der Waals surface area (Å²) in [6, 6.07) is 20.6. The van der Waals surface area contributed by atoms with Crippen LogP contribution in [0.4, 0.5) is 0 Å². The monoisotopic (exact) mass is 489 g/mol. The molecule has 0 N–H and O–H groups in total. The highest BCUT2D eigenvalue weighted by Crippen LogP contribution is 2.38. The molecule has 6 heteroatoms. The Morgan fingerprint density at radius 3 is 2.08 bits per heavy atom. The molecule has 186 valence electrons. The molecule has 0 aliphatic rings. The van der Waals surface area contributed by atoms with Crippen molar-refractivity contribution in [2.75, 3.05) is 0 Å². The summed E-state index contributed by atoms with van der Waals surface area (Å²) in [5.41, 5.74) is 5.18. The summed E-state index contributed by atoms with van der Waals surface area (Å²) in [7, 11) is 2.05. The minimum Gasteiger partial charge on any atom is -0.455 e. The largest absolute Gasteiger partial charge is 0.455 e. The van der Waals surface area contributed by atoms with Gasteiger partial charge in [0.05, 0.1) is 16.6 Å². The van der Waals surface area contributed by atoms with Crippen molar-refractivity contribution in [1.29, 1.82) is 0 Å². The van der Waals surface area contributed by atoms with E-state index >= 15 is 0 Å². The number of benzene rings is 3. The Morgan fingerprint density at radius 1 is 0.703 bits per heavy atom. The molecule has 3 aromatic carbocycles. The second-order valence-electron chi connectivity index (χ2n) is 11.8. The maximum Gasteiger partial charge on any atom is 0.163 e. The van der Waals surface area contributed by atoms with Crippen molar-refractivity contribution in [3.63, 3.8) is 0 Å². The maximum atomic E-state index is 6.52. The lowest BCUT2D eigenvalue weighted by Gasteiger charge is -2.22. The van der Waals surface area contributed by atoms with E-state index in [4.69, 9.17) is 24.4 Å². The normalized spacial score (nSPS) is 12.7. The van der Waals surface area contributed by atoms with Crippen molar-refractivity contribution in [2.45, 2.75) is 52.4 Å². The van der Waals surface area contributed by atoms with Crippen LogP contribution in [0.15, 0.2) is 65.1 Å². The molecule has 0 bridgehead atoms. The number of hydrogen-bond donors (Lipinski definition) is 0. The number of para-hydroxylation sites is 3. The molecule has 0 aliphatic carbocycles. The molecular formula is C31H31N5O. The summed E-state index contributed by atoms with van der Waals surface area (Å²) in [4.78, 5) is 19.5. The van der Waals surface area contributed by atoms with Gasteiger partial charge in [-0.25, -0.2) is 19.9 Å². The number of hydrogen-bond acceptors (Lipinski definition) is 5. The Bertz CT molecular complexity index is 1780. The van der Waals surface area contributed by atoms with Gasteiger partial charge in [0.15, 0.2) is 5.82 Å². The average Bonchev–Trinajstić information content (AvgIpc) is 3.40. The first-order valence-corrected chi connectivity index (χ1v) is 12.7. The van der Waals surface area contributed by atoms with Crippen molar-refractivity contribution in [2.24, 2.45) is 7.05 Å². The SMILES string of the molecule is Cn1c(-c2cccc3c2oc2cc(-c4nc(C(C)(C)C)nc(C(C)(C)C)n4)ccc23)nc2ccccc21. The van der Waals surface area contributed by atoms with Crippen molar-refractivity contribution < 1.29 is 4.42 Å². The van der Waals surface area contributed by atoms with E-state index in [1.807, 2.05) is 31.3 Å². The van der Waals surface area contributed by atoms with E-state index in [2.05, 4.69) is 82.5 Å². The lowest BCUT2D eigenvalue weighted by atomic mass is 9.93. The predicted octanol–water partition coefficient (Wildman–Crippen LogP) is 7.59. The van der Waals surface area contributed by atoms with Gasteiger partial charge in [0.2, 0.25) is 0 Å². The van der Waals surface area contributed by atoms with E-state index in [1.165, 1.54) is 0 Å². The van der Waals surface area contributed by atoms with Crippen LogP contribution in [0.5, 0.6) is 0 Å². The molecule has 0 atom stereocenters. The topological polar surface area (TPSA) is 69.6 Å². The molecule has 0 radical (unpaired) electrons. The third-order valence-electron chi connectivity index (χ3n) is 6.76. The number of fused-ring (bicyclic) bond motifs is 4. The zero-order valence-electron chi connectivity index (χ0n) is 22.4. The second kappa shape index (κ2) is 7.97. The Morgan fingerprint density at radius 2 is 1.41 bits per heavy atom. The third kappa shape index (κ3) is 3.88. The van der Waals surface area contributed by atoms with Crippen molar-refractivity contribution in [3.05, 3.63) is 72.3 Å². The van der Waals surface area contributed by atoms with Crippen molar-refractivity contribution in [3.8, 4) is 22.8 Å². The zero-order valence-corrected chi connectivity index (χ0v) is 22.4. The molecule has 6 aromatic rings. The number of aromatic nitrogens is 5. The molecule has 37 heavy (non-hydrogen) atoms. The van der Waals surface area contributed by atoms with E-state index in [1.54, 1.807) is 0 Å². The quantitative estimate of drug-likeness (QED) is 0.251. The van der Waals surface area contributed by atoms with Gasteiger partial charge < -0.3 is 8.98 Å². The molecule has 0 saturated heterocycles. The summed E-state index contributed by atoms with van der Waals surface area (Å²) in [6.45, 7) is 12.8. The van der Waals surface area contributed by atoms with E-state index in [0.717, 1.165) is 61.6 Å². The Kier molecular flexibility index (Phi) is 5.03. The molecule has 0 spiro atoms. The number of rotatable bonds is 2. The fourth-order valence-electron chi connectivity index (χ4n) is 4.68. The van der Waals surface area contributed by atoms with E-state index in [9.17, 15) is 0 Å². The fourth-order valence-corrected chi connectivity index (χ4v) is 4.68. The Hall–Kier alpha value is -4.06. The van der Waals surface area contributed by atoms with Gasteiger partial charge in [0.25, 0.3) is 0 Å². The van der Waals surface area contributed by atoms with Gasteiger partial charge in [0.1, 0.15) is 28.6 Å². The Balaban J connectivity index is 1.54. The van der Waals surface area contributed by atoms with Gasteiger partial charge in [0, 0.05) is 34.2 Å². The lowest BCUT2D eigenvalue weighted by molar-refractivity contribution is 0.497. The number of nitrogens with zero attached hydrogens (tertiary/aromatic N) is 5. The third-order valence-corrected chi connectivity index (χ3v) is 6.76. The summed E-state index contributed by atoms with van der Waals surface area (Å²) >= 11 is 0. The Labute approximate surface area is 216 Å². The molecule has 6 rings (SSSR count). The molecule has 0 aliphatic heterocycles. The first-order chi connectivity index (χ1) is 17.5. The predicted molar refractivity (Wildman–Crippen MR) is 150 cm³/mol. The molecule has 3 aromatic heterocycles. The summed E-state index contributed by atoms with van der Waals surface area (Å²) < 4.78 is 8.64. The van der Waals surface area contributed by atoms with Crippen LogP contribution in [0.1, 0.15) is 53.2 Å². The minimum atomic E-state index is -0.193. The van der Waals surface area contributed by atoms with Gasteiger partial charge in [-0.1, -0.05) is 71.9 Å². The number of imidazole rings is 1. The highest BCUT2D eigenvalue weighted by Gasteiger charge is 2.26. The summed E-state index contributed by atoms with van der Waals surface area (Å²) in [5, 5.41) is 2.12. The second-order valence-corrected chi connectivity index (χ2v) is 11.8. The molecule has 0 fully saturated rings. The smallest absolute Gasteiger partial charge is 0.163 e. The first-order valence-electron chi connectivity index (χ1n) is 12.7. The van der Waals surface area contributed by atoms with Gasteiger partial charge in [-0.05, 0) is 30.3 Å². The molecule has 3 heterocycles. The van der Waals surface area contributed by atoms with Gasteiger partial charge >= 0.3 is 0 Å². The van der Waals surface area contributed by atoms with Crippen molar-refractivity contribution >= 4 is 33.0 Å². The highest BCUT2D eigenvalue weighted by atomic mass is 16.3. The van der Waals surface area contributed by atoms with Crippen LogP contribution in [0.3, 0.4) is 0 Å². The molecule has 6 nitrogen and oxygen atoms in total. The zero-order chi connectivity index (χ0) is 26.1. The van der Waals surface area contributed by atoms with Gasteiger partial charge in [-0.3, -0.25) is 0 Å². The number of furan rings is 1. The van der Waals surface area contributed by atoms with Crippen LogP contribution in [0, 0.1) is 0 Å². The van der Waals surface area contributed by atoms with Crippen LogP contribution in [-0.2, 0) is 17.9 Å². The molecule has 0 unspecified atom stereocenters.